The van der Waals surface area contributed by atoms with E-state index in [1.165, 1.54) is 0 Å². The Morgan fingerprint density at radius 1 is 1.29 bits per heavy atom. The van der Waals surface area contributed by atoms with Crippen molar-refractivity contribution in [2.45, 2.75) is 33.1 Å². The van der Waals surface area contributed by atoms with Gasteiger partial charge in [0.25, 0.3) is 0 Å². The number of hydrogen-bond acceptors (Lipinski definition) is 6. The zero-order valence-corrected chi connectivity index (χ0v) is 13.9. The topological polar surface area (TPSA) is 124 Å². The molecule has 0 spiro atoms. The maximum atomic E-state index is 10.9. The molecule has 0 amide bonds. The second-order valence-corrected chi connectivity index (χ2v) is 6.74. The van der Waals surface area contributed by atoms with Crippen LogP contribution in [0.15, 0.2) is 0 Å². The molecule has 118 valence electrons. The summed E-state index contributed by atoms with van der Waals surface area (Å²) in [6, 6.07) is 0. The number of aromatic nitrogens is 2. The quantitative estimate of drug-likeness (QED) is 0.463. The Kier molecular flexibility index (Phi) is 6.43. The van der Waals surface area contributed by atoms with E-state index in [4.69, 9.17) is 23.1 Å². The third kappa shape index (κ3) is 5.18. The van der Waals surface area contributed by atoms with E-state index < -0.39 is 10.0 Å². The molecule has 1 aromatic heterocycles. The molecule has 0 aromatic carbocycles. The lowest BCUT2D eigenvalue weighted by molar-refractivity contribution is 0.595. The van der Waals surface area contributed by atoms with Crippen LogP contribution in [0, 0.1) is 0 Å². The Morgan fingerprint density at radius 2 is 1.95 bits per heavy atom. The number of aryl methyl sites for hydroxylation is 1. The van der Waals surface area contributed by atoms with Crippen LogP contribution in [0.25, 0.3) is 0 Å². The molecule has 0 unspecified atom stereocenters. The fourth-order valence-corrected chi connectivity index (χ4v) is 2.81. The van der Waals surface area contributed by atoms with Gasteiger partial charge in [0.05, 0.1) is 17.0 Å². The van der Waals surface area contributed by atoms with Gasteiger partial charge in [-0.15, -0.1) is 5.10 Å². The third-order valence-corrected chi connectivity index (χ3v) is 4.05. The molecule has 1 aromatic rings. The molecule has 1 heterocycles. The second-order valence-electron chi connectivity index (χ2n) is 4.57. The molecule has 7 nitrogen and oxygen atoms in total. The predicted octanol–water partition coefficient (Wildman–Crippen LogP) is 0.326. The lowest BCUT2D eigenvalue weighted by Gasteiger charge is -2.15. The van der Waals surface area contributed by atoms with Gasteiger partial charge in [0.2, 0.25) is 10.0 Å². The highest BCUT2D eigenvalue weighted by molar-refractivity contribution is 7.89. The van der Waals surface area contributed by atoms with Crippen molar-refractivity contribution >= 4 is 33.0 Å². The van der Waals surface area contributed by atoms with Crippen LogP contribution in [0.1, 0.15) is 37.1 Å². The van der Waals surface area contributed by atoms with Gasteiger partial charge in [-0.25, -0.2) is 13.6 Å². The molecule has 0 saturated heterocycles. The van der Waals surface area contributed by atoms with E-state index in [2.05, 4.69) is 15.5 Å². The van der Waals surface area contributed by atoms with Gasteiger partial charge in [-0.3, -0.25) is 0 Å². The van der Waals surface area contributed by atoms with Gasteiger partial charge in [0.1, 0.15) is 4.99 Å². The van der Waals surface area contributed by atoms with Gasteiger partial charge < -0.3 is 11.1 Å². The van der Waals surface area contributed by atoms with Crippen molar-refractivity contribution in [1.82, 2.24) is 10.2 Å². The second kappa shape index (κ2) is 7.62. The first kappa shape index (κ1) is 17.7. The number of rotatable bonds is 8. The number of nitrogens with one attached hydrogen (secondary N) is 1. The van der Waals surface area contributed by atoms with Gasteiger partial charge in [-0.1, -0.05) is 26.1 Å². The maximum Gasteiger partial charge on any atom is 0.209 e. The average molecular weight is 331 g/mol. The van der Waals surface area contributed by atoms with E-state index >= 15 is 0 Å². The van der Waals surface area contributed by atoms with Crippen molar-refractivity contribution in [1.29, 1.82) is 0 Å². The smallest absolute Gasteiger partial charge is 0.209 e. The van der Waals surface area contributed by atoms with E-state index in [9.17, 15) is 8.42 Å². The van der Waals surface area contributed by atoms with Gasteiger partial charge in [0, 0.05) is 6.54 Å². The highest BCUT2D eigenvalue weighted by Gasteiger charge is 2.16. The van der Waals surface area contributed by atoms with Crippen LogP contribution in [-0.4, -0.2) is 35.9 Å². The zero-order valence-electron chi connectivity index (χ0n) is 12.2. The molecule has 0 radical (unpaired) electrons. The molecule has 0 atom stereocenters. The summed E-state index contributed by atoms with van der Waals surface area (Å²) >= 11 is 5.10. The van der Waals surface area contributed by atoms with E-state index in [0.29, 0.717) is 24.3 Å². The molecule has 21 heavy (non-hydrogen) atoms. The number of sulfonamides is 1. The lowest BCUT2D eigenvalue weighted by atomic mass is 10.0. The van der Waals surface area contributed by atoms with Crippen LogP contribution in [0.4, 0.5) is 5.82 Å². The molecule has 0 aliphatic rings. The molecule has 0 saturated carbocycles. The minimum atomic E-state index is -3.46. The summed E-state index contributed by atoms with van der Waals surface area (Å²) in [5.41, 5.74) is 8.34. The van der Waals surface area contributed by atoms with Gasteiger partial charge in [-0.05, 0) is 24.8 Å². The fraction of sp³-hybridized carbons (Fsp3) is 0.583. The molecule has 0 bridgehead atoms. The Bertz CT molecular complexity index is 616. The van der Waals surface area contributed by atoms with Gasteiger partial charge in [-0.2, -0.15) is 5.10 Å². The molecule has 0 fully saturated rings. The van der Waals surface area contributed by atoms with Crippen molar-refractivity contribution in [3.8, 4) is 0 Å². The lowest BCUT2D eigenvalue weighted by Crippen LogP contribution is -2.22. The average Bonchev–Trinajstić information content (AvgIpc) is 2.41. The Balaban J connectivity index is 2.94. The minimum Gasteiger partial charge on any atom is -0.389 e. The molecule has 9 heteroatoms. The van der Waals surface area contributed by atoms with E-state index in [0.717, 1.165) is 24.1 Å². The summed E-state index contributed by atoms with van der Waals surface area (Å²) in [5, 5.41) is 16.3. The molecule has 1 rings (SSSR count). The molecular formula is C12H21N5O2S2. The van der Waals surface area contributed by atoms with Crippen LogP contribution in [-0.2, 0) is 22.9 Å². The molecule has 0 aliphatic carbocycles. The zero-order chi connectivity index (χ0) is 16.0. The predicted molar refractivity (Wildman–Crippen MR) is 87.8 cm³/mol. The standard InChI is InChI=1S/C12H21N5O2S2/c1-3-8-9(4-2)16-17-12(10(8)11(13)20)15-6-5-7-21(14,18)19/h3-7H2,1-2H3,(H2,13,20)(H,15,17)(H2,14,18,19). The van der Waals surface area contributed by atoms with Crippen molar-refractivity contribution in [3.05, 3.63) is 16.8 Å². The van der Waals surface area contributed by atoms with Crippen LogP contribution in [0.5, 0.6) is 0 Å². The largest absolute Gasteiger partial charge is 0.389 e. The van der Waals surface area contributed by atoms with Crippen LogP contribution < -0.4 is 16.2 Å². The first-order chi connectivity index (χ1) is 9.80. The number of thiocarbonyl (C=S) groups is 1. The highest BCUT2D eigenvalue weighted by Crippen LogP contribution is 2.20. The van der Waals surface area contributed by atoms with Crippen LogP contribution in [0.2, 0.25) is 0 Å². The summed E-state index contributed by atoms with van der Waals surface area (Å²) in [5.74, 6) is 0.398. The number of primary sulfonamides is 1. The number of nitrogens with zero attached hydrogens (tertiary/aromatic N) is 2. The van der Waals surface area contributed by atoms with Gasteiger partial charge in [0.15, 0.2) is 5.82 Å². The summed E-state index contributed by atoms with van der Waals surface area (Å²) in [6.45, 7) is 4.39. The van der Waals surface area contributed by atoms with Crippen molar-refractivity contribution in [3.63, 3.8) is 0 Å². The van der Waals surface area contributed by atoms with Crippen molar-refractivity contribution in [2.24, 2.45) is 10.9 Å². The Labute approximate surface area is 130 Å². The number of nitrogens with two attached hydrogens (primary N) is 2. The van der Waals surface area contributed by atoms with Crippen LogP contribution >= 0.6 is 12.2 Å². The SMILES string of the molecule is CCc1nnc(NCCCS(N)(=O)=O)c(C(N)=S)c1CC. The summed E-state index contributed by atoms with van der Waals surface area (Å²) in [4.78, 5) is 0.255. The van der Waals surface area contributed by atoms with Crippen molar-refractivity contribution < 1.29 is 8.42 Å². The third-order valence-electron chi connectivity index (χ3n) is 2.99. The Morgan fingerprint density at radius 3 is 2.43 bits per heavy atom. The monoisotopic (exact) mass is 331 g/mol. The summed E-state index contributed by atoms with van der Waals surface area (Å²) in [7, 11) is -3.46. The van der Waals surface area contributed by atoms with Crippen molar-refractivity contribution in [2.75, 3.05) is 17.6 Å². The number of hydrogen-bond donors (Lipinski definition) is 3. The fourth-order valence-electron chi connectivity index (χ4n) is 2.04. The van der Waals surface area contributed by atoms with E-state index in [1.807, 2.05) is 13.8 Å². The minimum absolute atomic E-state index is 0.0937. The first-order valence-corrected chi connectivity index (χ1v) is 8.85. The summed E-state index contributed by atoms with van der Waals surface area (Å²) < 4.78 is 21.8. The molecule has 5 N–H and O–H groups in total. The van der Waals surface area contributed by atoms with E-state index in [-0.39, 0.29) is 10.7 Å². The Hall–Kier alpha value is -1.32. The summed E-state index contributed by atoms with van der Waals surface area (Å²) in [6.07, 6.45) is 1.86. The normalized spacial score (nSPS) is 11.4. The number of anilines is 1. The molecule has 0 aliphatic heterocycles. The van der Waals surface area contributed by atoms with E-state index in [1.54, 1.807) is 0 Å². The van der Waals surface area contributed by atoms with Gasteiger partial charge >= 0.3 is 0 Å². The maximum absolute atomic E-state index is 10.9. The highest BCUT2D eigenvalue weighted by atomic mass is 32.2. The van der Waals surface area contributed by atoms with Crippen LogP contribution in [0.3, 0.4) is 0 Å². The molecular weight excluding hydrogens is 310 g/mol. The first-order valence-electron chi connectivity index (χ1n) is 6.72.